The van der Waals surface area contributed by atoms with Gasteiger partial charge in [0.2, 0.25) is 11.8 Å². The normalized spacial score (nSPS) is 23.2. The van der Waals surface area contributed by atoms with Crippen LogP contribution in [0.1, 0.15) is 51.9 Å². The quantitative estimate of drug-likeness (QED) is 0.803. The van der Waals surface area contributed by atoms with Crippen molar-refractivity contribution in [1.29, 1.82) is 0 Å². The molecule has 1 aromatic heterocycles. The summed E-state index contributed by atoms with van der Waals surface area (Å²) in [5, 5.41) is 0. The molecule has 0 spiro atoms. The van der Waals surface area contributed by atoms with Gasteiger partial charge < -0.3 is 9.47 Å². The van der Waals surface area contributed by atoms with E-state index in [1.54, 1.807) is 0 Å². The summed E-state index contributed by atoms with van der Waals surface area (Å²) >= 11 is 0. The molecule has 0 saturated carbocycles. The topological polar surface area (TPSA) is 56.1 Å². The fraction of sp³-hybridized carbons (Fsp3) is 0.632. The molecule has 24 heavy (non-hydrogen) atoms. The van der Waals surface area contributed by atoms with Gasteiger partial charge in [-0.2, -0.15) is 0 Å². The molecule has 0 fully saturated rings. The van der Waals surface area contributed by atoms with Crippen LogP contribution in [0.25, 0.3) is 0 Å². The van der Waals surface area contributed by atoms with Gasteiger partial charge in [-0.25, -0.2) is 15.0 Å². The van der Waals surface area contributed by atoms with E-state index in [0.717, 1.165) is 24.2 Å². The lowest BCUT2D eigenvalue weighted by molar-refractivity contribution is 0.299. The molecule has 0 aromatic carbocycles. The third kappa shape index (κ3) is 4.13. The van der Waals surface area contributed by atoms with Crippen LogP contribution in [0.4, 0.5) is 0 Å². The molecule has 1 aromatic rings. The third-order valence-corrected chi connectivity index (χ3v) is 4.10. The molecule has 2 aliphatic heterocycles. The van der Waals surface area contributed by atoms with Gasteiger partial charge in [0.05, 0.1) is 12.1 Å². The summed E-state index contributed by atoms with van der Waals surface area (Å²) in [5.41, 5.74) is 1.52. The summed E-state index contributed by atoms with van der Waals surface area (Å²) in [5.74, 6) is 2.50. The first-order valence-electron chi connectivity index (χ1n) is 8.90. The average Bonchev–Trinajstić information content (AvgIpc) is 3.16. The number of aliphatic imine (C=N–C) groups is 2. The molecule has 0 aliphatic carbocycles. The van der Waals surface area contributed by atoms with Crippen molar-refractivity contribution >= 4 is 11.8 Å². The number of pyridine rings is 1. The Labute approximate surface area is 144 Å². The highest BCUT2D eigenvalue weighted by Crippen LogP contribution is 2.19. The Morgan fingerprint density at radius 3 is 1.75 bits per heavy atom. The maximum Gasteiger partial charge on any atom is 0.235 e. The minimum atomic E-state index is 0.237. The first-order valence-corrected chi connectivity index (χ1v) is 8.90. The van der Waals surface area contributed by atoms with Crippen LogP contribution in [-0.2, 0) is 9.47 Å². The van der Waals surface area contributed by atoms with Crippen molar-refractivity contribution in [2.75, 3.05) is 13.2 Å². The van der Waals surface area contributed by atoms with Gasteiger partial charge in [0.25, 0.3) is 0 Å². The second-order valence-electron chi connectivity index (χ2n) is 7.47. The number of aromatic nitrogens is 1. The zero-order valence-electron chi connectivity index (χ0n) is 15.0. The molecule has 0 radical (unpaired) electrons. The molecule has 0 saturated heterocycles. The summed E-state index contributed by atoms with van der Waals surface area (Å²) in [4.78, 5) is 14.0. The smallest absolute Gasteiger partial charge is 0.235 e. The summed E-state index contributed by atoms with van der Waals surface area (Å²) in [7, 11) is 0. The van der Waals surface area contributed by atoms with Crippen molar-refractivity contribution < 1.29 is 9.47 Å². The highest BCUT2D eigenvalue weighted by molar-refractivity contribution is 5.97. The molecule has 0 amide bonds. The molecule has 2 atom stereocenters. The first kappa shape index (κ1) is 16.9. The lowest BCUT2D eigenvalue weighted by Gasteiger charge is -2.06. The van der Waals surface area contributed by atoms with Gasteiger partial charge >= 0.3 is 0 Å². The molecule has 3 heterocycles. The van der Waals surface area contributed by atoms with Gasteiger partial charge in [0, 0.05) is 0 Å². The van der Waals surface area contributed by atoms with Crippen molar-refractivity contribution in [3.63, 3.8) is 0 Å². The highest BCUT2D eigenvalue weighted by Gasteiger charge is 2.25. The highest BCUT2D eigenvalue weighted by atomic mass is 16.5. The molecule has 130 valence electrons. The summed E-state index contributed by atoms with van der Waals surface area (Å²) < 4.78 is 11.5. The van der Waals surface area contributed by atoms with Crippen LogP contribution in [0.2, 0.25) is 0 Å². The number of rotatable bonds is 6. The fourth-order valence-electron chi connectivity index (χ4n) is 3.11. The lowest BCUT2D eigenvalue weighted by Crippen LogP contribution is -2.10. The van der Waals surface area contributed by atoms with Gasteiger partial charge in [0.15, 0.2) is 0 Å². The van der Waals surface area contributed by atoms with Crippen LogP contribution in [-0.4, -0.2) is 42.1 Å². The monoisotopic (exact) mass is 329 g/mol. The molecule has 5 heteroatoms. The lowest BCUT2D eigenvalue weighted by atomic mass is 10.1. The largest absolute Gasteiger partial charge is 0.474 e. The van der Waals surface area contributed by atoms with Crippen molar-refractivity contribution in [3.8, 4) is 0 Å². The SMILES string of the molecule is CC(C)C[C@@H]1COC(c2cccc(C3=N[C@H](CC(C)C)CO3)n2)=N1. The van der Waals surface area contributed by atoms with E-state index >= 15 is 0 Å². The Bertz CT molecular complexity index is 586. The molecular weight excluding hydrogens is 302 g/mol. The van der Waals surface area contributed by atoms with Gasteiger partial charge in [-0.15, -0.1) is 0 Å². The van der Waals surface area contributed by atoms with Gasteiger partial charge in [-0.1, -0.05) is 33.8 Å². The second kappa shape index (κ2) is 7.32. The van der Waals surface area contributed by atoms with Crippen LogP contribution in [0, 0.1) is 11.8 Å². The van der Waals surface area contributed by atoms with Gasteiger partial charge in [-0.05, 0) is 36.8 Å². The Balaban J connectivity index is 1.74. The van der Waals surface area contributed by atoms with Crippen molar-refractivity contribution in [3.05, 3.63) is 29.6 Å². The second-order valence-corrected chi connectivity index (χ2v) is 7.47. The van der Waals surface area contributed by atoms with Gasteiger partial charge in [-0.3, -0.25) is 0 Å². The Kier molecular flexibility index (Phi) is 5.17. The van der Waals surface area contributed by atoms with E-state index in [4.69, 9.17) is 9.47 Å². The number of hydrogen-bond acceptors (Lipinski definition) is 5. The Morgan fingerprint density at radius 1 is 0.875 bits per heavy atom. The van der Waals surface area contributed by atoms with E-state index < -0.39 is 0 Å². The minimum absolute atomic E-state index is 0.237. The summed E-state index contributed by atoms with van der Waals surface area (Å²) in [6.07, 6.45) is 2.08. The number of ether oxygens (including phenoxy) is 2. The Hall–Kier alpha value is -1.91. The molecule has 3 rings (SSSR count). The summed E-state index contributed by atoms with van der Waals surface area (Å²) in [6, 6.07) is 6.30. The zero-order chi connectivity index (χ0) is 17.1. The number of nitrogens with zero attached hydrogens (tertiary/aromatic N) is 3. The maximum absolute atomic E-state index is 5.75. The van der Waals surface area contributed by atoms with E-state index in [-0.39, 0.29) is 12.1 Å². The van der Waals surface area contributed by atoms with E-state index in [0.29, 0.717) is 36.8 Å². The predicted octanol–water partition coefficient (Wildman–Crippen LogP) is 3.46. The minimum Gasteiger partial charge on any atom is -0.474 e. The zero-order valence-corrected chi connectivity index (χ0v) is 15.0. The summed E-state index contributed by atoms with van der Waals surface area (Å²) in [6.45, 7) is 10.1. The van der Waals surface area contributed by atoms with Crippen LogP contribution < -0.4 is 0 Å². The van der Waals surface area contributed by atoms with E-state index in [9.17, 15) is 0 Å². The van der Waals surface area contributed by atoms with Crippen LogP contribution in [0.15, 0.2) is 28.2 Å². The predicted molar refractivity (Wildman–Crippen MR) is 95.7 cm³/mol. The van der Waals surface area contributed by atoms with Crippen molar-refractivity contribution in [2.24, 2.45) is 21.8 Å². The van der Waals surface area contributed by atoms with Crippen LogP contribution in [0.3, 0.4) is 0 Å². The molecule has 2 aliphatic rings. The van der Waals surface area contributed by atoms with Crippen LogP contribution >= 0.6 is 0 Å². The molecular formula is C19H27N3O2. The van der Waals surface area contributed by atoms with Crippen LogP contribution in [0.5, 0.6) is 0 Å². The van der Waals surface area contributed by atoms with Crippen molar-refractivity contribution in [1.82, 2.24) is 4.98 Å². The fourth-order valence-corrected chi connectivity index (χ4v) is 3.11. The number of hydrogen-bond donors (Lipinski definition) is 0. The van der Waals surface area contributed by atoms with E-state index in [1.807, 2.05) is 18.2 Å². The molecule has 0 unspecified atom stereocenters. The van der Waals surface area contributed by atoms with Crippen molar-refractivity contribution in [2.45, 2.75) is 52.6 Å². The van der Waals surface area contributed by atoms with E-state index in [2.05, 4.69) is 42.7 Å². The van der Waals surface area contributed by atoms with Gasteiger partial charge in [0.1, 0.15) is 24.6 Å². The van der Waals surface area contributed by atoms with E-state index in [1.165, 1.54) is 0 Å². The first-order chi connectivity index (χ1) is 11.5. The molecule has 0 N–H and O–H groups in total. The third-order valence-electron chi connectivity index (χ3n) is 4.10. The molecule has 5 nitrogen and oxygen atoms in total. The average molecular weight is 329 g/mol. The Morgan fingerprint density at radius 2 is 1.33 bits per heavy atom. The standard InChI is InChI=1S/C19H27N3O2/c1-12(2)8-14-10-23-18(20-14)16-6-5-7-17(22-16)19-21-15(11-24-19)9-13(3)4/h5-7,12-15H,8-11H2,1-4H3/t14-,15-/m1/s1. The molecule has 0 bridgehead atoms. The maximum atomic E-state index is 5.75.